The number of rotatable bonds is 8. The number of methoxy groups -OCH3 is 1. The van der Waals surface area contributed by atoms with E-state index in [1.54, 1.807) is 25.1 Å². The second kappa shape index (κ2) is 16.3. The van der Waals surface area contributed by atoms with E-state index in [2.05, 4.69) is 10.6 Å². The van der Waals surface area contributed by atoms with E-state index in [0.717, 1.165) is 4.90 Å². The highest BCUT2D eigenvalue weighted by Gasteiger charge is 2.68. The first-order valence-corrected chi connectivity index (χ1v) is 22.2. The summed E-state index contributed by atoms with van der Waals surface area (Å²) in [5.41, 5.74) is -3.84. The summed E-state index contributed by atoms with van der Waals surface area (Å²) in [6.45, 7) is 3.92. The number of sulfonamides is 1. The Labute approximate surface area is 349 Å². The van der Waals surface area contributed by atoms with Crippen molar-refractivity contribution in [3.63, 3.8) is 0 Å². The number of halogens is 5. The average Bonchev–Trinajstić information content (AvgIpc) is 4.04. The Bertz CT molecular complexity index is 2180. The minimum Gasteiger partial charge on any atom is -0.497 e. The molecule has 3 heterocycles. The van der Waals surface area contributed by atoms with Gasteiger partial charge >= 0.3 is 12.3 Å². The zero-order chi connectivity index (χ0) is 44.3. The maximum absolute atomic E-state index is 14.9. The molecule has 15 nitrogen and oxygen atoms in total. The summed E-state index contributed by atoms with van der Waals surface area (Å²) in [5, 5.41) is 4.60. The Morgan fingerprint density at radius 2 is 1.79 bits per heavy atom. The number of aryl methyl sites for hydroxylation is 1. The topological polar surface area (TPSA) is 195 Å². The molecule has 3 N–H and O–H groups in total. The fraction of sp³-hybridized carbons (Fsp3) is 0.700. The number of ether oxygens (including phenoxy) is 3. The zero-order valence-corrected chi connectivity index (χ0v) is 35.1. The van der Waals surface area contributed by atoms with E-state index in [1.807, 2.05) is 4.72 Å². The predicted octanol–water partition coefficient (Wildman–Crippen LogP) is 5.09. The van der Waals surface area contributed by atoms with Crippen LogP contribution in [-0.2, 0) is 35.6 Å². The van der Waals surface area contributed by atoms with Gasteiger partial charge in [-0.3, -0.25) is 19.1 Å². The van der Waals surface area contributed by atoms with Gasteiger partial charge in [0.1, 0.15) is 35.2 Å². The van der Waals surface area contributed by atoms with Crippen LogP contribution in [0.5, 0.6) is 11.6 Å². The van der Waals surface area contributed by atoms with Gasteiger partial charge in [-0.15, -0.1) is 0 Å². The molecule has 2 bridgehead atoms. The molecule has 0 unspecified atom stereocenters. The number of amides is 4. The second-order valence-corrected chi connectivity index (χ2v) is 19.5. The minimum absolute atomic E-state index is 0.0648. The van der Waals surface area contributed by atoms with Crippen molar-refractivity contribution in [1.29, 1.82) is 0 Å². The van der Waals surface area contributed by atoms with Crippen LogP contribution >= 0.6 is 0 Å². The van der Waals surface area contributed by atoms with Gasteiger partial charge in [0.05, 0.1) is 35.4 Å². The van der Waals surface area contributed by atoms with E-state index >= 15 is 0 Å². The summed E-state index contributed by atoms with van der Waals surface area (Å²) in [6, 6.07) is 1.90. The van der Waals surface area contributed by atoms with Gasteiger partial charge < -0.3 is 29.7 Å². The van der Waals surface area contributed by atoms with Crippen LogP contribution in [0.15, 0.2) is 18.2 Å². The number of aromatic nitrogens is 2. The molecule has 3 aliphatic carbocycles. The molecule has 8 atom stereocenters. The molecule has 5 aliphatic rings. The van der Waals surface area contributed by atoms with Crippen LogP contribution in [0.3, 0.4) is 0 Å². The number of carbonyl (C=O) groups excluding carboxylic acids is 4. The molecular formula is C40H51F5N6O9S. The summed E-state index contributed by atoms with van der Waals surface area (Å²) in [7, 11) is -2.84. The molecule has 4 amide bonds. The largest absolute Gasteiger partial charge is 0.497 e. The van der Waals surface area contributed by atoms with E-state index in [9.17, 15) is 49.5 Å². The van der Waals surface area contributed by atoms with E-state index in [-0.39, 0.29) is 50.9 Å². The number of carbonyl (C=O) groups is 4. The number of nitrogens with one attached hydrogen (secondary N) is 3. The molecule has 21 heteroatoms. The molecule has 1 saturated heterocycles. The molecule has 4 fully saturated rings. The Morgan fingerprint density at radius 1 is 1.07 bits per heavy atom. The molecule has 3 saturated carbocycles. The number of alkyl halides is 5. The Hall–Kier alpha value is -4.56. The van der Waals surface area contributed by atoms with Crippen molar-refractivity contribution < 1.29 is 63.8 Å². The highest BCUT2D eigenvalue weighted by Crippen LogP contribution is 2.52. The van der Waals surface area contributed by atoms with E-state index < -0.39 is 111 Å². The van der Waals surface area contributed by atoms with Crippen LogP contribution in [0.25, 0.3) is 11.0 Å². The molecule has 2 aromatic rings. The summed E-state index contributed by atoms with van der Waals surface area (Å²) in [6.07, 6.45) is -8.95. The van der Waals surface area contributed by atoms with Crippen LogP contribution < -0.4 is 24.8 Å². The van der Waals surface area contributed by atoms with Crippen LogP contribution in [0.4, 0.5) is 26.7 Å². The fourth-order valence-corrected chi connectivity index (χ4v) is 10.6. The highest BCUT2D eigenvalue weighted by molar-refractivity contribution is 7.91. The van der Waals surface area contributed by atoms with Gasteiger partial charge in [0.2, 0.25) is 39.7 Å². The molecule has 0 spiro atoms. The first-order valence-electron chi connectivity index (χ1n) is 20.7. The summed E-state index contributed by atoms with van der Waals surface area (Å²) in [5.74, 6) is -6.57. The standard InChI is InChI=1S/C40H51F5N6O9S/c1-5-24-29-20-51(30(24)32(52)49-38(19-25(38)31(41)42)35(54)50-61(56,57)37(3)16-17-37)34(53)21(2)46-36(55)60-39(40(43,44)45)15-9-11-22(39)10-7-6-8-12-27-33(59-29)48-28-18-23(58-4)13-14-26(28)47-27/h13-14,18,21-22,24-25,29-31H,5-12,15-17,19-20H2,1-4H3,(H,46,55)(H,49,52)(H,50,54)/t21-,22+,24+,25-,29-,30-,38+,39+/m0/s1. The fourth-order valence-electron chi connectivity index (χ4n) is 9.30. The zero-order valence-electron chi connectivity index (χ0n) is 34.3. The second-order valence-electron chi connectivity index (χ2n) is 17.3. The van der Waals surface area contributed by atoms with E-state index in [1.165, 1.54) is 21.0 Å². The van der Waals surface area contributed by atoms with Gasteiger partial charge in [0.25, 0.3) is 5.91 Å². The maximum atomic E-state index is 14.9. The van der Waals surface area contributed by atoms with Crippen molar-refractivity contribution in [1.82, 2.24) is 30.2 Å². The van der Waals surface area contributed by atoms with Gasteiger partial charge in [-0.1, -0.05) is 19.8 Å². The van der Waals surface area contributed by atoms with Crippen LogP contribution in [0.2, 0.25) is 0 Å². The smallest absolute Gasteiger partial charge is 0.428 e. The number of alkyl carbamates (subject to hydrolysis) is 1. The molecule has 336 valence electrons. The minimum atomic E-state index is -4.92. The van der Waals surface area contributed by atoms with Gasteiger partial charge in [-0.05, 0) is 90.2 Å². The lowest BCUT2D eigenvalue weighted by molar-refractivity contribution is -0.271. The van der Waals surface area contributed by atoms with Crippen LogP contribution in [0, 0.1) is 17.8 Å². The Kier molecular flexibility index (Phi) is 11.9. The lowest BCUT2D eigenvalue weighted by Gasteiger charge is -2.37. The van der Waals surface area contributed by atoms with E-state index in [4.69, 9.17) is 24.2 Å². The third kappa shape index (κ3) is 8.26. The highest BCUT2D eigenvalue weighted by atomic mass is 32.2. The van der Waals surface area contributed by atoms with Gasteiger partial charge in [0.15, 0.2) is 0 Å². The SMILES string of the molecule is CC[C@@H]1[C@@H]2CN(C(=O)[C@H](C)NC(=O)O[C@]3(C(F)(F)F)CCC[C@H]3CCCCCc3nc4ccc(OC)cc4nc3O2)[C@@H]1C(=O)N[C@]1(C(=O)NS(=O)(=O)C2(C)CC2)C[C@H]1C(F)F. The summed E-state index contributed by atoms with van der Waals surface area (Å²) in [4.78, 5) is 66.4. The maximum Gasteiger partial charge on any atom is 0.428 e. The average molecular weight is 887 g/mol. The normalized spacial score (nSPS) is 31.7. The lowest BCUT2D eigenvalue weighted by Crippen LogP contribution is -2.60. The number of hydrogen-bond donors (Lipinski definition) is 3. The first-order chi connectivity index (χ1) is 28.7. The van der Waals surface area contributed by atoms with E-state index in [0.29, 0.717) is 48.2 Å². The molecule has 1 aromatic heterocycles. The third-order valence-corrected chi connectivity index (χ3v) is 15.5. The number of hydrogen-bond acceptors (Lipinski definition) is 11. The van der Waals surface area contributed by atoms with Gasteiger partial charge in [0, 0.05) is 17.9 Å². The van der Waals surface area contributed by atoms with Gasteiger partial charge in [-0.2, -0.15) is 13.2 Å². The first kappa shape index (κ1) is 44.5. The quantitative estimate of drug-likeness (QED) is 0.299. The lowest BCUT2D eigenvalue weighted by atomic mass is 9.85. The van der Waals surface area contributed by atoms with Crippen molar-refractivity contribution in [3.8, 4) is 11.6 Å². The van der Waals surface area contributed by atoms with Gasteiger partial charge in [-0.25, -0.2) is 32.0 Å². The summed E-state index contributed by atoms with van der Waals surface area (Å²) < 4.78 is 117. The molecular weight excluding hydrogens is 836 g/mol. The molecule has 61 heavy (non-hydrogen) atoms. The predicted molar refractivity (Wildman–Crippen MR) is 207 cm³/mol. The van der Waals surface area contributed by atoms with Crippen molar-refractivity contribution >= 4 is 44.9 Å². The number of fused-ring (bicyclic) bond motifs is 5. The molecule has 2 aliphatic heterocycles. The van der Waals surface area contributed by atoms with Crippen LogP contribution in [-0.4, -0.2) is 107 Å². The molecule has 0 radical (unpaired) electrons. The van der Waals surface area contributed by atoms with Crippen molar-refractivity contribution in [3.05, 3.63) is 23.9 Å². The molecule has 1 aromatic carbocycles. The number of benzene rings is 1. The van der Waals surface area contributed by atoms with Crippen molar-refractivity contribution in [2.24, 2.45) is 17.8 Å². The Morgan fingerprint density at radius 3 is 2.43 bits per heavy atom. The summed E-state index contributed by atoms with van der Waals surface area (Å²) >= 11 is 0. The van der Waals surface area contributed by atoms with Crippen LogP contribution in [0.1, 0.15) is 97.1 Å². The molecule has 7 rings (SSSR count). The Balaban J connectivity index is 1.26. The van der Waals surface area contributed by atoms with Crippen molar-refractivity contribution in [2.45, 2.75) is 144 Å². The number of nitrogens with zero attached hydrogens (tertiary/aromatic N) is 3. The third-order valence-electron chi connectivity index (χ3n) is 13.4. The monoisotopic (exact) mass is 886 g/mol. The van der Waals surface area contributed by atoms with Crippen molar-refractivity contribution in [2.75, 3.05) is 13.7 Å².